The maximum absolute atomic E-state index is 13.3. The van der Waals surface area contributed by atoms with Crippen LogP contribution >= 0.6 is 0 Å². The van der Waals surface area contributed by atoms with E-state index in [1.54, 1.807) is 7.11 Å². The van der Waals surface area contributed by atoms with Gasteiger partial charge in [0.2, 0.25) is 0 Å². The van der Waals surface area contributed by atoms with Crippen LogP contribution in [0.5, 0.6) is 0 Å². The van der Waals surface area contributed by atoms with Gasteiger partial charge < -0.3 is 19.5 Å². The van der Waals surface area contributed by atoms with E-state index in [-0.39, 0.29) is 17.8 Å². The van der Waals surface area contributed by atoms with Crippen LogP contribution in [0.15, 0.2) is 42.6 Å². The van der Waals surface area contributed by atoms with E-state index in [1.165, 1.54) is 17.0 Å². The second-order valence-corrected chi connectivity index (χ2v) is 6.04. The van der Waals surface area contributed by atoms with E-state index in [2.05, 4.69) is 22.1 Å². The van der Waals surface area contributed by atoms with Gasteiger partial charge in [0.05, 0.1) is 25.4 Å². The molecule has 0 aliphatic carbocycles. The smallest absolute Gasteiger partial charge is 0.275 e. The predicted molar refractivity (Wildman–Crippen MR) is 88.3 cm³/mol. The standard InChI is InChI=1S/C18H22FN3O2/c1-24-12-8-20-17(23)13-22-11-10-21-9-2-3-16(21)18(22)14-4-6-15(19)7-5-14/h2-7,9,18H,8,10-13H2,1H3,(H,20,23)/p+1/t18-/m0/s1. The summed E-state index contributed by atoms with van der Waals surface area (Å²) in [5, 5.41) is 2.88. The largest absolute Gasteiger partial charge is 0.383 e. The van der Waals surface area contributed by atoms with Crippen LogP contribution in [-0.4, -0.2) is 43.8 Å². The molecule has 3 rings (SSSR count). The van der Waals surface area contributed by atoms with Crippen LogP contribution in [0.3, 0.4) is 0 Å². The molecule has 1 aromatic carbocycles. The fraction of sp³-hybridized carbons (Fsp3) is 0.389. The fourth-order valence-corrected chi connectivity index (χ4v) is 3.32. The van der Waals surface area contributed by atoms with Gasteiger partial charge >= 0.3 is 0 Å². The molecule has 128 valence electrons. The SMILES string of the molecule is COCCNC(=O)C[NH+]1CCn2cccc2[C@@H]1c1ccc(F)cc1. The average molecular weight is 332 g/mol. The Hall–Kier alpha value is -2.18. The second-order valence-electron chi connectivity index (χ2n) is 6.04. The number of rotatable bonds is 6. The maximum atomic E-state index is 13.3. The minimum absolute atomic E-state index is 0.00849. The lowest BCUT2D eigenvalue weighted by molar-refractivity contribution is -0.922. The summed E-state index contributed by atoms with van der Waals surface area (Å²) in [5.41, 5.74) is 2.18. The second kappa shape index (κ2) is 7.59. The third-order valence-corrected chi connectivity index (χ3v) is 4.46. The third kappa shape index (κ3) is 3.66. The molecule has 1 aliphatic rings. The highest BCUT2D eigenvalue weighted by Gasteiger charge is 2.33. The first kappa shape index (κ1) is 16.7. The van der Waals surface area contributed by atoms with Gasteiger partial charge in [0, 0.05) is 25.4 Å². The summed E-state index contributed by atoms with van der Waals surface area (Å²) < 4.78 is 20.5. The van der Waals surface area contributed by atoms with Gasteiger partial charge in [-0.05, 0) is 36.4 Å². The first-order valence-corrected chi connectivity index (χ1v) is 8.20. The van der Waals surface area contributed by atoms with E-state index in [0.717, 1.165) is 24.3 Å². The van der Waals surface area contributed by atoms with Crippen molar-refractivity contribution in [3.05, 3.63) is 59.7 Å². The summed E-state index contributed by atoms with van der Waals surface area (Å²) in [5.74, 6) is -0.238. The molecule has 0 bridgehead atoms. The highest BCUT2D eigenvalue weighted by Crippen LogP contribution is 2.22. The predicted octanol–water partition coefficient (Wildman–Crippen LogP) is 0.378. The molecule has 0 saturated carbocycles. The van der Waals surface area contributed by atoms with Crippen molar-refractivity contribution in [3.8, 4) is 0 Å². The van der Waals surface area contributed by atoms with Gasteiger partial charge in [-0.2, -0.15) is 0 Å². The molecule has 0 saturated heterocycles. The molecule has 0 fully saturated rings. The fourth-order valence-electron chi connectivity index (χ4n) is 3.32. The first-order chi connectivity index (χ1) is 11.7. The molecular formula is C18H23FN3O2+. The minimum atomic E-state index is -0.246. The van der Waals surface area contributed by atoms with E-state index in [9.17, 15) is 9.18 Å². The van der Waals surface area contributed by atoms with Crippen molar-refractivity contribution in [1.82, 2.24) is 9.88 Å². The third-order valence-electron chi connectivity index (χ3n) is 4.46. The summed E-state index contributed by atoms with van der Waals surface area (Å²) in [6.07, 6.45) is 2.06. The van der Waals surface area contributed by atoms with Crippen LogP contribution in [0.1, 0.15) is 17.3 Å². The molecule has 5 nitrogen and oxygen atoms in total. The zero-order chi connectivity index (χ0) is 16.9. The Morgan fingerprint density at radius 3 is 2.92 bits per heavy atom. The molecule has 2 heterocycles. The Labute approximate surface area is 141 Å². The highest BCUT2D eigenvalue weighted by atomic mass is 19.1. The van der Waals surface area contributed by atoms with Gasteiger partial charge in [0.15, 0.2) is 12.6 Å². The Bertz CT molecular complexity index is 684. The maximum Gasteiger partial charge on any atom is 0.275 e. The van der Waals surface area contributed by atoms with E-state index in [1.807, 2.05) is 18.2 Å². The van der Waals surface area contributed by atoms with Crippen molar-refractivity contribution in [3.63, 3.8) is 0 Å². The number of carbonyl (C=O) groups is 1. The number of nitrogens with one attached hydrogen (secondary N) is 2. The summed E-state index contributed by atoms with van der Waals surface area (Å²) in [4.78, 5) is 13.4. The quantitative estimate of drug-likeness (QED) is 0.752. The van der Waals surface area contributed by atoms with Crippen LogP contribution in [0.4, 0.5) is 4.39 Å². The Morgan fingerprint density at radius 2 is 2.17 bits per heavy atom. The summed E-state index contributed by atoms with van der Waals surface area (Å²) in [7, 11) is 1.61. The van der Waals surface area contributed by atoms with Gasteiger partial charge in [-0.15, -0.1) is 0 Å². The van der Waals surface area contributed by atoms with Crippen molar-refractivity contribution < 1.29 is 18.8 Å². The number of hydrogen-bond donors (Lipinski definition) is 2. The van der Waals surface area contributed by atoms with Crippen LogP contribution in [0, 0.1) is 5.82 Å². The van der Waals surface area contributed by atoms with Crippen LogP contribution < -0.4 is 10.2 Å². The molecule has 2 aromatic rings. The molecule has 1 aliphatic heterocycles. The first-order valence-electron chi connectivity index (χ1n) is 8.20. The van der Waals surface area contributed by atoms with Gasteiger partial charge in [-0.25, -0.2) is 4.39 Å². The molecule has 0 radical (unpaired) electrons. The lowest BCUT2D eigenvalue weighted by Crippen LogP contribution is -3.14. The number of benzene rings is 1. The number of ether oxygens (including phenoxy) is 1. The number of halogens is 1. The molecule has 1 unspecified atom stereocenters. The van der Waals surface area contributed by atoms with Crippen molar-refractivity contribution in [2.75, 3.05) is 33.4 Å². The van der Waals surface area contributed by atoms with E-state index in [4.69, 9.17) is 4.74 Å². The molecule has 1 aromatic heterocycles. The molecule has 1 amide bonds. The van der Waals surface area contributed by atoms with Crippen molar-refractivity contribution in [2.45, 2.75) is 12.6 Å². The summed E-state index contributed by atoms with van der Waals surface area (Å²) >= 11 is 0. The normalized spacial score (nSPS) is 19.8. The van der Waals surface area contributed by atoms with E-state index >= 15 is 0 Å². The van der Waals surface area contributed by atoms with Gasteiger partial charge in [0.1, 0.15) is 5.82 Å². The monoisotopic (exact) mass is 332 g/mol. The van der Waals surface area contributed by atoms with Gasteiger partial charge in [-0.1, -0.05) is 0 Å². The van der Waals surface area contributed by atoms with Crippen LogP contribution in [0.2, 0.25) is 0 Å². The lowest BCUT2D eigenvalue weighted by atomic mass is 10.00. The topological polar surface area (TPSA) is 47.7 Å². The van der Waals surface area contributed by atoms with E-state index in [0.29, 0.717) is 19.7 Å². The number of carbonyl (C=O) groups excluding carboxylic acids is 1. The summed E-state index contributed by atoms with van der Waals surface area (Å²) in [6.45, 7) is 3.13. The highest BCUT2D eigenvalue weighted by molar-refractivity contribution is 5.76. The van der Waals surface area contributed by atoms with Crippen molar-refractivity contribution >= 4 is 5.91 Å². The molecule has 24 heavy (non-hydrogen) atoms. The Kier molecular flexibility index (Phi) is 5.27. The average Bonchev–Trinajstić information content (AvgIpc) is 3.04. The van der Waals surface area contributed by atoms with Crippen LogP contribution in [0.25, 0.3) is 0 Å². The van der Waals surface area contributed by atoms with Crippen molar-refractivity contribution in [1.29, 1.82) is 0 Å². The number of nitrogens with zero attached hydrogens (tertiary/aromatic N) is 1. The number of methoxy groups -OCH3 is 1. The lowest BCUT2D eigenvalue weighted by Gasteiger charge is -2.33. The molecule has 0 spiro atoms. The molecule has 2 atom stereocenters. The molecule has 2 N–H and O–H groups in total. The molecular weight excluding hydrogens is 309 g/mol. The number of amides is 1. The Balaban J connectivity index is 1.80. The number of quaternary nitrogens is 1. The minimum Gasteiger partial charge on any atom is -0.383 e. The van der Waals surface area contributed by atoms with Gasteiger partial charge in [0.25, 0.3) is 5.91 Å². The van der Waals surface area contributed by atoms with E-state index < -0.39 is 0 Å². The zero-order valence-electron chi connectivity index (χ0n) is 13.8. The van der Waals surface area contributed by atoms with Crippen LogP contribution in [-0.2, 0) is 16.1 Å². The number of fused-ring (bicyclic) bond motifs is 1. The summed E-state index contributed by atoms with van der Waals surface area (Å²) in [6, 6.07) is 10.7. The Morgan fingerprint density at radius 1 is 1.38 bits per heavy atom. The van der Waals surface area contributed by atoms with Crippen molar-refractivity contribution in [2.24, 2.45) is 0 Å². The zero-order valence-corrected chi connectivity index (χ0v) is 13.8. The molecule has 6 heteroatoms. The van der Waals surface area contributed by atoms with Gasteiger partial charge in [-0.3, -0.25) is 4.79 Å². The number of hydrogen-bond acceptors (Lipinski definition) is 2. The number of aromatic nitrogens is 1.